The Morgan fingerprint density at radius 2 is 2.15 bits per heavy atom. The fraction of sp³-hybridized carbons (Fsp3) is 0.429. The first-order chi connectivity index (χ1) is 12.7. The van der Waals surface area contributed by atoms with Crippen molar-refractivity contribution in [1.29, 1.82) is 0 Å². The lowest BCUT2D eigenvalue weighted by molar-refractivity contribution is 0.0455. The molecule has 5 heteroatoms. The number of hydrogen-bond donors (Lipinski definition) is 1. The van der Waals surface area contributed by atoms with Crippen molar-refractivity contribution >= 4 is 11.8 Å². The smallest absolute Gasteiger partial charge is 0.126 e. The van der Waals surface area contributed by atoms with Crippen LogP contribution in [0.4, 0.5) is 0 Å². The minimum Gasteiger partial charge on any atom is -0.497 e. The summed E-state index contributed by atoms with van der Waals surface area (Å²) in [5, 5.41) is 10.2. The number of likely N-dealkylation sites (tertiary alicyclic amines) is 1. The van der Waals surface area contributed by atoms with Crippen molar-refractivity contribution in [3.63, 3.8) is 0 Å². The third-order valence-corrected chi connectivity index (χ3v) is 6.57. The quantitative estimate of drug-likeness (QED) is 0.816. The van der Waals surface area contributed by atoms with E-state index in [9.17, 15) is 5.11 Å². The van der Waals surface area contributed by atoms with Crippen LogP contribution in [0.3, 0.4) is 0 Å². The summed E-state index contributed by atoms with van der Waals surface area (Å²) in [7, 11) is 1.67. The highest BCUT2D eigenvalue weighted by Gasteiger charge is 2.50. The number of aliphatic hydroxyl groups is 1. The largest absolute Gasteiger partial charge is 0.497 e. The van der Waals surface area contributed by atoms with Crippen LogP contribution in [0.2, 0.25) is 0 Å². The molecule has 2 aliphatic rings. The predicted molar refractivity (Wildman–Crippen MR) is 104 cm³/mol. The van der Waals surface area contributed by atoms with E-state index >= 15 is 0 Å². The molecule has 1 fully saturated rings. The van der Waals surface area contributed by atoms with E-state index in [-0.39, 0.29) is 17.9 Å². The molecule has 2 heterocycles. The molecule has 0 bridgehead atoms. The molecule has 0 aliphatic carbocycles. The van der Waals surface area contributed by atoms with Gasteiger partial charge in [0.15, 0.2) is 0 Å². The van der Waals surface area contributed by atoms with Gasteiger partial charge in [-0.2, -0.15) is 0 Å². The first kappa shape index (κ1) is 17.7. The zero-order valence-electron chi connectivity index (χ0n) is 15.3. The number of ether oxygens (including phenoxy) is 2. The van der Waals surface area contributed by atoms with Crippen molar-refractivity contribution < 1.29 is 14.6 Å². The van der Waals surface area contributed by atoms with Gasteiger partial charge in [-0.15, -0.1) is 11.8 Å². The summed E-state index contributed by atoms with van der Waals surface area (Å²) in [6.07, 6.45) is 2.12. The monoisotopic (exact) mass is 371 g/mol. The normalized spacial score (nSPS) is 24.7. The Labute approximate surface area is 159 Å². The van der Waals surface area contributed by atoms with Gasteiger partial charge in [0.2, 0.25) is 0 Å². The average molecular weight is 372 g/mol. The Balaban J connectivity index is 1.61. The van der Waals surface area contributed by atoms with Gasteiger partial charge in [0.05, 0.1) is 20.3 Å². The molecular weight excluding hydrogens is 346 g/mol. The lowest BCUT2D eigenvalue weighted by Crippen LogP contribution is -2.42. The number of hydrogen-bond acceptors (Lipinski definition) is 5. The summed E-state index contributed by atoms with van der Waals surface area (Å²) in [4.78, 5) is 3.78. The van der Waals surface area contributed by atoms with E-state index in [1.165, 1.54) is 16.0 Å². The Hall–Kier alpha value is -1.69. The molecule has 2 aromatic carbocycles. The van der Waals surface area contributed by atoms with Gasteiger partial charge in [-0.05, 0) is 29.5 Å². The lowest BCUT2D eigenvalue weighted by atomic mass is 9.74. The van der Waals surface area contributed by atoms with E-state index in [2.05, 4.69) is 41.5 Å². The first-order valence-electron chi connectivity index (χ1n) is 8.95. The molecule has 1 N–H and O–H groups in total. The Kier molecular flexibility index (Phi) is 4.86. The van der Waals surface area contributed by atoms with Crippen LogP contribution >= 0.6 is 11.8 Å². The van der Waals surface area contributed by atoms with Crippen molar-refractivity contribution in [2.75, 3.05) is 39.7 Å². The fourth-order valence-corrected chi connectivity index (χ4v) is 4.93. The fourth-order valence-electron chi connectivity index (χ4n) is 4.32. The maximum absolute atomic E-state index is 10.2. The summed E-state index contributed by atoms with van der Waals surface area (Å²) in [5.74, 6) is 1.98. The van der Waals surface area contributed by atoms with Crippen LogP contribution < -0.4 is 9.47 Å². The number of benzene rings is 2. The molecular formula is C21H25NO3S. The maximum atomic E-state index is 10.2. The number of methoxy groups -OCH3 is 1. The number of nitrogens with zero attached hydrogens (tertiary/aromatic N) is 1. The summed E-state index contributed by atoms with van der Waals surface area (Å²) in [5.41, 5.74) is 2.31. The van der Waals surface area contributed by atoms with E-state index < -0.39 is 0 Å². The standard InChI is InChI=1S/C21H25NO3S/c1-24-16-7-8-17-18-11-22(10-15-5-3-4-6-20(15)26-2)12-21(18,13-23)14-25-19(17)9-16/h3-9,18,23H,10-14H2,1-2H3/t18-,21-/m0/s1. The molecule has 4 nitrogen and oxygen atoms in total. The number of rotatable bonds is 5. The van der Waals surface area contributed by atoms with Gasteiger partial charge >= 0.3 is 0 Å². The second-order valence-electron chi connectivity index (χ2n) is 7.25. The van der Waals surface area contributed by atoms with Crippen LogP contribution in [0.1, 0.15) is 17.0 Å². The van der Waals surface area contributed by atoms with Crippen molar-refractivity contribution in [3.8, 4) is 11.5 Å². The summed E-state index contributed by atoms with van der Waals surface area (Å²) in [6, 6.07) is 14.6. The third-order valence-electron chi connectivity index (χ3n) is 5.73. The van der Waals surface area contributed by atoms with Crippen molar-refractivity contribution in [2.45, 2.75) is 17.4 Å². The number of thioether (sulfide) groups is 1. The van der Waals surface area contributed by atoms with E-state index in [1.54, 1.807) is 18.9 Å². The molecule has 1 saturated heterocycles. The van der Waals surface area contributed by atoms with Crippen LogP contribution in [0.25, 0.3) is 0 Å². The zero-order valence-corrected chi connectivity index (χ0v) is 16.1. The second kappa shape index (κ2) is 7.14. The highest BCUT2D eigenvalue weighted by molar-refractivity contribution is 7.98. The second-order valence-corrected chi connectivity index (χ2v) is 8.10. The summed E-state index contributed by atoms with van der Waals surface area (Å²) < 4.78 is 11.4. The van der Waals surface area contributed by atoms with Crippen LogP contribution in [0, 0.1) is 5.41 Å². The molecule has 0 spiro atoms. The van der Waals surface area contributed by atoms with E-state index in [0.717, 1.165) is 31.1 Å². The Bertz CT molecular complexity index is 797. The van der Waals surface area contributed by atoms with E-state index in [1.807, 2.05) is 12.1 Å². The average Bonchev–Trinajstić information content (AvgIpc) is 3.07. The predicted octanol–water partition coefficient (Wildman–Crippen LogP) is 3.39. The maximum Gasteiger partial charge on any atom is 0.126 e. The summed E-state index contributed by atoms with van der Waals surface area (Å²) >= 11 is 1.79. The van der Waals surface area contributed by atoms with E-state index in [0.29, 0.717) is 6.61 Å². The number of fused-ring (bicyclic) bond motifs is 3. The van der Waals surface area contributed by atoms with E-state index in [4.69, 9.17) is 9.47 Å². The van der Waals surface area contributed by atoms with Gasteiger partial charge in [0.1, 0.15) is 11.5 Å². The van der Waals surface area contributed by atoms with Gasteiger partial charge in [-0.3, -0.25) is 4.90 Å². The molecule has 0 amide bonds. The molecule has 0 unspecified atom stereocenters. The molecule has 26 heavy (non-hydrogen) atoms. The van der Waals surface area contributed by atoms with Crippen molar-refractivity contribution in [2.24, 2.45) is 5.41 Å². The minimum absolute atomic E-state index is 0.143. The molecule has 0 radical (unpaired) electrons. The van der Waals surface area contributed by atoms with Crippen LogP contribution in [0.5, 0.6) is 11.5 Å². The molecule has 0 aromatic heterocycles. The zero-order chi connectivity index (χ0) is 18.1. The molecule has 2 aliphatic heterocycles. The van der Waals surface area contributed by atoms with Crippen LogP contribution in [-0.4, -0.2) is 49.7 Å². The molecule has 0 saturated carbocycles. The minimum atomic E-state index is -0.226. The SMILES string of the molecule is COc1ccc2c(c1)OC[C@@]1(CO)CN(Cc3ccccc3SC)C[C@@H]21. The summed E-state index contributed by atoms with van der Waals surface area (Å²) in [6.45, 7) is 3.38. The molecule has 138 valence electrons. The molecule has 2 aromatic rings. The highest BCUT2D eigenvalue weighted by atomic mass is 32.2. The Morgan fingerprint density at radius 1 is 1.31 bits per heavy atom. The first-order valence-corrected chi connectivity index (χ1v) is 10.2. The topological polar surface area (TPSA) is 41.9 Å². The van der Waals surface area contributed by atoms with Gasteiger partial charge in [-0.25, -0.2) is 0 Å². The van der Waals surface area contributed by atoms with Gasteiger partial charge < -0.3 is 14.6 Å². The van der Waals surface area contributed by atoms with Crippen LogP contribution in [0.15, 0.2) is 47.4 Å². The van der Waals surface area contributed by atoms with Crippen molar-refractivity contribution in [1.82, 2.24) is 4.90 Å². The van der Waals surface area contributed by atoms with Gasteiger partial charge in [-0.1, -0.05) is 24.3 Å². The Morgan fingerprint density at radius 3 is 2.92 bits per heavy atom. The highest BCUT2D eigenvalue weighted by Crippen LogP contribution is 2.50. The molecule has 2 atom stereocenters. The molecule has 4 rings (SSSR count). The number of aliphatic hydroxyl groups excluding tert-OH is 1. The lowest BCUT2D eigenvalue weighted by Gasteiger charge is -2.38. The van der Waals surface area contributed by atoms with Gasteiger partial charge in [0, 0.05) is 41.9 Å². The van der Waals surface area contributed by atoms with Crippen LogP contribution in [-0.2, 0) is 6.54 Å². The van der Waals surface area contributed by atoms with Crippen molar-refractivity contribution in [3.05, 3.63) is 53.6 Å². The third kappa shape index (κ3) is 2.98. The van der Waals surface area contributed by atoms with Gasteiger partial charge in [0.25, 0.3) is 0 Å².